The molecule has 2 N–H and O–H groups in total. The van der Waals surface area contributed by atoms with Gasteiger partial charge < -0.3 is 10.2 Å². The van der Waals surface area contributed by atoms with Crippen LogP contribution in [0, 0.1) is 0 Å². The van der Waals surface area contributed by atoms with Gasteiger partial charge in [0.15, 0.2) is 0 Å². The van der Waals surface area contributed by atoms with E-state index in [1.165, 1.54) is 6.07 Å². The van der Waals surface area contributed by atoms with Gasteiger partial charge in [-0.2, -0.15) is 0 Å². The van der Waals surface area contributed by atoms with Gasteiger partial charge in [-0.25, -0.2) is 4.79 Å². The Labute approximate surface area is 97.1 Å². The van der Waals surface area contributed by atoms with E-state index < -0.39 is 11.8 Å². The fourth-order valence-electron chi connectivity index (χ4n) is 1.75. The van der Waals surface area contributed by atoms with E-state index in [1.807, 2.05) is 12.1 Å². The van der Waals surface area contributed by atoms with Crippen LogP contribution in [0.2, 0.25) is 0 Å². The highest BCUT2D eigenvalue weighted by atomic mass is 16.4. The van der Waals surface area contributed by atoms with Gasteiger partial charge in [0, 0.05) is 12.0 Å². The second-order valence-electron chi connectivity index (χ2n) is 3.69. The Morgan fingerprint density at radius 1 is 1.06 bits per heavy atom. The van der Waals surface area contributed by atoms with Gasteiger partial charge >= 0.3 is 5.97 Å². The summed E-state index contributed by atoms with van der Waals surface area (Å²) in [5, 5.41) is 19.8. The molecule has 86 valence electrons. The number of ketones is 1. The molecule has 0 unspecified atom stereocenters. The molecule has 2 aromatic rings. The summed E-state index contributed by atoms with van der Waals surface area (Å²) in [5.41, 5.74) is 0.357. The van der Waals surface area contributed by atoms with Crippen LogP contribution in [0.5, 0.6) is 5.75 Å². The monoisotopic (exact) mass is 230 g/mol. The molecular formula is C13H10O4. The number of hydrogen-bond donors (Lipinski definition) is 2. The first kappa shape index (κ1) is 11.1. The van der Waals surface area contributed by atoms with E-state index in [-0.39, 0.29) is 12.2 Å². The first-order valence-electron chi connectivity index (χ1n) is 5.05. The van der Waals surface area contributed by atoms with Crippen molar-refractivity contribution >= 4 is 22.5 Å². The fraction of sp³-hybridized carbons (Fsp3) is 0.0769. The molecule has 17 heavy (non-hydrogen) atoms. The lowest BCUT2D eigenvalue weighted by atomic mass is 9.99. The van der Waals surface area contributed by atoms with Gasteiger partial charge in [-0.05, 0) is 16.8 Å². The lowest BCUT2D eigenvalue weighted by Gasteiger charge is -2.07. The molecule has 0 atom stereocenters. The maximum absolute atomic E-state index is 11.2. The van der Waals surface area contributed by atoms with Gasteiger partial charge in [-0.3, -0.25) is 4.79 Å². The van der Waals surface area contributed by atoms with E-state index in [2.05, 4.69) is 0 Å². The number of rotatable bonds is 3. The molecule has 0 aliphatic rings. The highest BCUT2D eigenvalue weighted by Gasteiger charge is 2.16. The second-order valence-corrected chi connectivity index (χ2v) is 3.69. The number of phenolic OH excluding ortho intramolecular Hbond substituents is 1. The molecule has 4 nitrogen and oxygen atoms in total. The van der Waals surface area contributed by atoms with E-state index in [9.17, 15) is 14.7 Å². The van der Waals surface area contributed by atoms with Crippen LogP contribution in [-0.2, 0) is 16.0 Å². The Balaban J connectivity index is 2.55. The van der Waals surface area contributed by atoms with E-state index in [1.54, 1.807) is 18.2 Å². The molecule has 0 aliphatic heterocycles. The zero-order chi connectivity index (χ0) is 12.4. The predicted octanol–water partition coefficient (Wildman–Crippen LogP) is 1.74. The van der Waals surface area contributed by atoms with Crippen molar-refractivity contribution in [2.75, 3.05) is 0 Å². The summed E-state index contributed by atoms with van der Waals surface area (Å²) in [6.07, 6.45) is -0.303. The summed E-state index contributed by atoms with van der Waals surface area (Å²) in [7, 11) is 0. The van der Waals surface area contributed by atoms with Crippen LogP contribution in [0.1, 0.15) is 5.56 Å². The Morgan fingerprint density at radius 3 is 2.47 bits per heavy atom. The maximum atomic E-state index is 11.2. The molecule has 0 saturated carbocycles. The number of carbonyl (C=O) groups excluding carboxylic acids is 1. The van der Waals surface area contributed by atoms with Crippen molar-refractivity contribution in [1.82, 2.24) is 0 Å². The summed E-state index contributed by atoms with van der Waals surface area (Å²) >= 11 is 0. The van der Waals surface area contributed by atoms with Gasteiger partial charge in [-0.1, -0.05) is 30.3 Å². The summed E-state index contributed by atoms with van der Waals surface area (Å²) in [4.78, 5) is 21.7. The van der Waals surface area contributed by atoms with Gasteiger partial charge in [0.25, 0.3) is 0 Å². The Hall–Kier alpha value is -2.36. The van der Waals surface area contributed by atoms with E-state index >= 15 is 0 Å². The smallest absolute Gasteiger partial charge is 0.372 e. The number of fused-ring (bicyclic) bond motifs is 1. The molecule has 0 saturated heterocycles. The number of carboxylic acids is 1. The molecule has 0 heterocycles. The molecule has 2 aromatic carbocycles. The van der Waals surface area contributed by atoms with Crippen LogP contribution < -0.4 is 0 Å². The molecule has 0 bridgehead atoms. The molecule has 4 heteroatoms. The fourth-order valence-corrected chi connectivity index (χ4v) is 1.75. The van der Waals surface area contributed by atoms with E-state index in [0.717, 1.165) is 5.39 Å². The summed E-state index contributed by atoms with van der Waals surface area (Å²) < 4.78 is 0. The van der Waals surface area contributed by atoms with E-state index in [0.29, 0.717) is 10.9 Å². The Kier molecular flexibility index (Phi) is 2.78. The largest absolute Gasteiger partial charge is 0.508 e. The average molecular weight is 230 g/mol. The minimum Gasteiger partial charge on any atom is -0.508 e. The lowest BCUT2D eigenvalue weighted by molar-refractivity contribution is -0.148. The van der Waals surface area contributed by atoms with Gasteiger partial charge in [-0.15, -0.1) is 0 Å². The number of benzene rings is 2. The summed E-state index contributed by atoms with van der Waals surface area (Å²) in [5.74, 6) is -2.48. The topological polar surface area (TPSA) is 74.6 Å². The SMILES string of the molecule is O=C(O)C(=O)Cc1c(O)ccc2ccccc12. The number of aliphatic carboxylic acids is 1. The minimum atomic E-state index is -1.49. The lowest BCUT2D eigenvalue weighted by Crippen LogP contribution is -2.15. The number of Topliss-reactive ketones (excluding diaryl/α,β-unsaturated/α-hetero) is 1. The van der Waals surface area contributed by atoms with Crippen LogP contribution in [0.15, 0.2) is 36.4 Å². The van der Waals surface area contributed by atoms with Crippen molar-refractivity contribution in [3.63, 3.8) is 0 Å². The van der Waals surface area contributed by atoms with Crippen molar-refractivity contribution < 1.29 is 19.8 Å². The van der Waals surface area contributed by atoms with Crippen molar-refractivity contribution in [1.29, 1.82) is 0 Å². The molecule has 0 amide bonds. The van der Waals surface area contributed by atoms with Crippen LogP contribution in [0.4, 0.5) is 0 Å². The molecule has 0 radical (unpaired) electrons. The first-order valence-corrected chi connectivity index (χ1v) is 5.05. The molecule has 0 aromatic heterocycles. The summed E-state index contributed by atoms with van der Waals surface area (Å²) in [6, 6.07) is 10.4. The molecule has 0 aliphatic carbocycles. The zero-order valence-corrected chi connectivity index (χ0v) is 8.88. The van der Waals surface area contributed by atoms with Crippen molar-refractivity contribution in [2.45, 2.75) is 6.42 Å². The molecule has 0 fully saturated rings. The van der Waals surface area contributed by atoms with Crippen LogP contribution in [0.3, 0.4) is 0 Å². The normalized spacial score (nSPS) is 10.4. The number of aromatic hydroxyl groups is 1. The first-order chi connectivity index (χ1) is 8.09. The molecule has 0 spiro atoms. The van der Waals surface area contributed by atoms with Crippen molar-refractivity contribution in [3.8, 4) is 5.75 Å². The van der Waals surface area contributed by atoms with Crippen LogP contribution >= 0.6 is 0 Å². The maximum Gasteiger partial charge on any atom is 0.372 e. The highest BCUT2D eigenvalue weighted by molar-refractivity contribution is 6.33. The highest BCUT2D eigenvalue weighted by Crippen LogP contribution is 2.27. The van der Waals surface area contributed by atoms with Crippen LogP contribution in [-0.4, -0.2) is 22.0 Å². The minimum absolute atomic E-state index is 0.0571. The number of carbonyl (C=O) groups is 2. The number of carboxylic acid groups (broad SMARTS) is 1. The average Bonchev–Trinajstić information content (AvgIpc) is 2.32. The van der Waals surface area contributed by atoms with Crippen molar-refractivity contribution in [3.05, 3.63) is 42.0 Å². The van der Waals surface area contributed by atoms with Gasteiger partial charge in [0.05, 0.1) is 0 Å². The standard InChI is InChI=1S/C13H10O4/c14-11-6-5-8-3-1-2-4-9(8)10(11)7-12(15)13(16)17/h1-6,14H,7H2,(H,16,17). The third-order valence-corrected chi connectivity index (χ3v) is 2.59. The third-order valence-electron chi connectivity index (χ3n) is 2.59. The molecular weight excluding hydrogens is 220 g/mol. The van der Waals surface area contributed by atoms with Gasteiger partial charge in [0.2, 0.25) is 5.78 Å². The van der Waals surface area contributed by atoms with Gasteiger partial charge in [0.1, 0.15) is 5.75 Å². The van der Waals surface area contributed by atoms with Crippen LogP contribution in [0.25, 0.3) is 10.8 Å². The quantitative estimate of drug-likeness (QED) is 0.787. The van der Waals surface area contributed by atoms with E-state index in [4.69, 9.17) is 5.11 Å². The molecule has 2 rings (SSSR count). The zero-order valence-electron chi connectivity index (χ0n) is 8.88. The Bertz CT molecular complexity index is 601. The number of phenols is 1. The van der Waals surface area contributed by atoms with Crippen molar-refractivity contribution in [2.24, 2.45) is 0 Å². The second kappa shape index (κ2) is 4.25. The predicted molar refractivity (Wildman–Crippen MR) is 62.0 cm³/mol. The third kappa shape index (κ3) is 2.10. The summed E-state index contributed by atoms with van der Waals surface area (Å²) in [6.45, 7) is 0. The Morgan fingerprint density at radius 2 is 1.76 bits per heavy atom. The number of hydrogen-bond acceptors (Lipinski definition) is 3.